The van der Waals surface area contributed by atoms with Crippen LogP contribution in [0.1, 0.15) is 27.2 Å². The van der Waals surface area contributed by atoms with Gasteiger partial charge in [0, 0.05) is 5.57 Å². The van der Waals surface area contributed by atoms with Gasteiger partial charge < -0.3 is 9.47 Å². The lowest BCUT2D eigenvalue weighted by atomic mass is 10.1. The maximum atomic E-state index is 11.5. The molecule has 4 heteroatoms. The second-order valence-corrected chi connectivity index (χ2v) is 2.92. The van der Waals surface area contributed by atoms with Crippen LogP contribution >= 0.6 is 0 Å². The average molecular weight is 226 g/mol. The number of hydrogen-bond donors (Lipinski definition) is 0. The molecule has 0 radical (unpaired) electrons. The van der Waals surface area contributed by atoms with Crippen LogP contribution in [0.5, 0.6) is 0 Å². The molecule has 0 aromatic rings. The number of esters is 2. The van der Waals surface area contributed by atoms with Crippen LogP contribution in [0.4, 0.5) is 0 Å². The average Bonchev–Trinajstić information content (AvgIpc) is 2.24. The molecule has 0 amide bonds. The van der Waals surface area contributed by atoms with Gasteiger partial charge in [-0.05, 0) is 20.8 Å². The van der Waals surface area contributed by atoms with Gasteiger partial charge in [0.15, 0.2) is 0 Å². The van der Waals surface area contributed by atoms with Crippen molar-refractivity contribution in [3.63, 3.8) is 0 Å². The third-order valence-corrected chi connectivity index (χ3v) is 1.67. The van der Waals surface area contributed by atoms with E-state index >= 15 is 0 Å². The quantitative estimate of drug-likeness (QED) is 0.395. The van der Waals surface area contributed by atoms with Crippen LogP contribution < -0.4 is 0 Å². The third kappa shape index (κ3) is 6.01. The lowest BCUT2D eigenvalue weighted by molar-refractivity contribution is -0.145. The Labute approximate surface area is 95.9 Å². The van der Waals surface area contributed by atoms with Crippen LogP contribution in [0.15, 0.2) is 23.8 Å². The smallest absolute Gasteiger partial charge is 0.334 e. The van der Waals surface area contributed by atoms with E-state index in [4.69, 9.17) is 9.47 Å². The Morgan fingerprint density at radius 3 is 2.25 bits per heavy atom. The van der Waals surface area contributed by atoms with E-state index in [1.807, 2.05) is 6.92 Å². The van der Waals surface area contributed by atoms with E-state index in [0.717, 1.165) is 0 Å². The molecule has 4 nitrogen and oxygen atoms in total. The van der Waals surface area contributed by atoms with Crippen LogP contribution in [0.2, 0.25) is 0 Å². The normalized spacial score (nSPS) is 11.6. The Balaban J connectivity index is 4.55. The first-order chi connectivity index (χ1) is 7.65. The first-order valence-electron chi connectivity index (χ1n) is 5.30. The second kappa shape index (κ2) is 8.71. The molecule has 0 aromatic carbocycles. The van der Waals surface area contributed by atoms with Gasteiger partial charge in [0.2, 0.25) is 0 Å². The summed E-state index contributed by atoms with van der Waals surface area (Å²) in [6, 6.07) is 0. The van der Waals surface area contributed by atoms with E-state index in [-0.39, 0.29) is 13.0 Å². The SMILES string of the molecule is CC=CC=C(CC(=O)OCC)C(=O)OCC. The number of hydrogen-bond acceptors (Lipinski definition) is 4. The van der Waals surface area contributed by atoms with Crippen molar-refractivity contribution < 1.29 is 19.1 Å². The molecule has 0 aliphatic heterocycles. The number of carbonyl (C=O) groups excluding carboxylic acids is 2. The first kappa shape index (κ1) is 14.4. The summed E-state index contributed by atoms with van der Waals surface area (Å²) in [5, 5.41) is 0. The van der Waals surface area contributed by atoms with Gasteiger partial charge in [-0.3, -0.25) is 4.79 Å². The molecule has 0 fully saturated rings. The predicted molar refractivity (Wildman–Crippen MR) is 60.8 cm³/mol. The van der Waals surface area contributed by atoms with Crippen LogP contribution in [-0.4, -0.2) is 25.2 Å². The third-order valence-electron chi connectivity index (χ3n) is 1.67. The molecule has 0 saturated heterocycles. The topological polar surface area (TPSA) is 52.6 Å². The molecule has 0 spiro atoms. The zero-order valence-corrected chi connectivity index (χ0v) is 9.99. The van der Waals surface area contributed by atoms with Crippen molar-refractivity contribution in [1.82, 2.24) is 0 Å². The van der Waals surface area contributed by atoms with Crippen molar-refractivity contribution in [2.45, 2.75) is 27.2 Å². The minimum Gasteiger partial charge on any atom is -0.466 e. The Morgan fingerprint density at radius 1 is 1.12 bits per heavy atom. The summed E-state index contributed by atoms with van der Waals surface area (Å²) >= 11 is 0. The van der Waals surface area contributed by atoms with Crippen LogP contribution in [-0.2, 0) is 19.1 Å². The van der Waals surface area contributed by atoms with E-state index < -0.39 is 11.9 Å². The fraction of sp³-hybridized carbons (Fsp3) is 0.500. The Kier molecular flexibility index (Phi) is 7.85. The highest BCUT2D eigenvalue weighted by atomic mass is 16.5. The van der Waals surface area contributed by atoms with Gasteiger partial charge in [0.05, 0.1) is 19.6 Å². The molecular formula is C12H18O4. The standard InChI is InChI=1S/C12H18O4/c1-4-7-8-10(12(14)16-6-3)9-11(13)15-5-2/h4,7-8H,5-6,9H2,1-3H3. The Bertz CT molecular complexity index is 289. The molecular weight excluding hydrogens is 208 g/mol. The van der Waals surface area contributed by atoms with Crippen molar-refractivity contribution in [2.24, 2.45) is 0 Å². The summed E-state index contributed by atoms with van der Waals surface area (Å²) < 4.78 is 9.60. The maximum Gasteiger partial charge on any atom is 0.334 e. The highest BCUT2D eigenvalue weighted by Crippen LogP contribution is 2.06. The minimum atomic E-state index is -0.478. The van der Waals surface area contributed by atoms with Crippen molar-refractivity contribution in [1.29, 1.82) is 0 Å². The summed E-state index contributed by atoms with van der Waals surface area (Å²) in [4.78, 5) is 22.7. The van der Waals surface area contributed by atoms with E-state index in [0.29, 0.717) is 12.2 Å². The zero-order chi connectivity index (χ0) is 12.4. The molecule has 0 unspecified atom stereocenters. The molecule has 0 atom stereocenters. The van der Waals surface area contributed by atoms with E-state index in [9.17, 15) is 9.59 Å². The molecule has 0 aromatic heterocycles. The molecule has 0 N–H and O–H groups in total. The predicted octanol–water partition coefficient (Wildman–Crippen LogP) is 2.01. The first-order valence-corrected chi connectivity index (χ1v) is 5.30. The number of allylic oxidation sites excluding steroid dienone is 3. The van der Waals surface area contributed by atoms with Crippen molar-refractivity contribution >= 4 is 11.9 Å². The van der Waals surface area contributed by atoms with Gasteiger partial charge in [-0.15, -0.1) is 0 Å². The molecule has 0 rings (SSSR count). The summed E-state index contributed by atoms with van der Waals surface area (Å²) in [5.41, 5.74) is 0.304. The van der Waals surface area contributed by atoms with Gasteiger partial charge >= 0.3 is 11.9 Å². The van der Waals surface area contributed by atoms with Crippen LogP contribution in [0, 0.1) is 0 Å². The number of ether oxygens (including phenoxy) is 2. The van der Waals surface area contributed by atoms with Crippen LogP contribution in [0.3, 0.4) is 0 Å². The Hall–Kier alpha value is -1.58. The van der Waals surface area contributed by atoms with Gasteiger partial charge in [0.25, 0.3) is 0 Å². The molecule has 0 aliphatic carbocycles. The van der Waals surface area contributed by atoms with E-state index in [1.54, 1.807) is 32.1 Å². The largest absolute Gasteiger partial charge is 0.466 e. The number of carbonyl (C=O) groups is 2. The van der Waals surface area contributed by atoms with Gasteiger partial charge in [0.1, 0.15) is 0 Å². The van der Waals surface area contributed by atoms with Crippen LogP contribution in [0.25, 0.3) is 0 Å². The lowest BCUT2D eigenvalue weighted by Crippen LogP contribution is -2.13. The molecule has 0 aliphatic rings. The summed E-state index contributed by atoms with van der Waals surface area (Å²) in [5.74, 6) is -0.903. The molecule has 0 bridgehead atoms. The van der Waals surface area contributed by atoms with Crippen molar-refractivity contribution in [2.75, 3.05) is 13.2 Å². The van der Waals surface area contributed by atoms with E-state index in [2.05, 4.69) is 0 Å². The van der Waals surface area contributed by atoms with E-state index in [1.165, 1.54) is 0 Å². The number of rotatable bonds is 6. The maximum absolute atomic E-state index is 11.5. The van der Waals surface area contributed by atoms with Crippen molar-refractivity contribution in [3.05, 3.63) is 23.8 Å². The van der Waals surface area contributed by atoms with Gasteiger partial charge in [-0.2, -0.15) is 0 Å². The summed E-state index contributed by atoms with van der Waals surface area (Å²) in [6.45, 7) is 5.85. The van der Waals surface area contributed by atoms with Gasteiger partial charge in [-0.1, -0.05) is 18.2 Å². The molecule has 0 saturated carbocycles. The highest BCUT2D eigenvalue weighted by molar-refractivity contribution is 5.94. The highest BCUT2D eigenvalue weighted by Gasteiger charge is 2.14. The Morgan fingerprint density at radius 2 is 1.75 bits per heavy atom. The van der Waals surface area contributed by atoms with Gasteiger partial charge in [-0.25, -0.2) is 4.79 Å². The lowest BCUT2D eigenvalue weighted by Gasteiger charge is -2.05. The molecule has 0 heterocycles. The fourth-order valence-corrected chi connectivity index (χ4v) is 1.00. The minimum absolute atomic E-state index is 0.0585. The fourth-order valence-electron chi connectivity index (χ4n) is 1.00. The summed E-state index contributed by atoms with van der Waals surface area (Å²) in [7, 11) is 0. The monoisotopic (exact) mass is 226 g/mol. The second-order valence-electron chi connectivity index (χ2n) is 2.92. The molecule has 16 heavy (non-hydrogen) atoms. The molecule has 90 valence electrons. The summed E-state index contributed by atoms with van der Waals surface area (Å²) in [6.07, 6.45) is 4.96. The zero-order valence-electron chi connectivity index (χ0n) is 9.99. The van der Waals surface area contributed by atoms with Crippen molar-refractivity contribution in [3.8, 4) is 0 Å².